The molecule has 2 rings (SSSR count). The highest BCUT2D eigenvalue weighted by molar-refractivity contribution is 9.09. The zero-order valence-corrected chi connectivity index (χ0v) is 10.3. The van der Waals surface area contributed by atoms with E-state index in [-0.39, 0.29) is 10.6 Å². The number of ether oxygens (including phenoxy) is 1. The number of alkyl halides is 1. The minimum Gasteiger partial charge on any atom is -0.381 e. The maximum atomic E-state index is 13.1. The van der Waals surface area contributed by atoms with Gasteiger partial charge in [0, 0.05) is 17.4 Å². The molecule has 0 bridgehead atoms. The zero-order valence-electron chi connectivity index (χ0n) is 8.67. The fourth-order valence-corrected chi connectivity index (χ4v) is 2.60. The molecule has 1 aliphatic rings. The molecule has 2 atom stereocenters. The van der Waals surface area contributed by atoms with Crippen LogP contribution in [0.1, 0.15) is 22.4 Å². The Hall–Kier alpha value is -0.410. The Morgan fingerprint density at radius 3 is 2.93 bits per heavy atom. The first-order valence-electron chi connectivity index (χ1n) is 5.16. The fourth-order valence-electron chi connectivity index (χ4n) is 1.90. The Labute approximate surface area is 97.8 Å². The second-order valence-corrected chi connectivity index (χ2v) is 5.02. The quantitative estimate of drug-likeness (QED) is 0.748. The third kappa shape index (κ3) is 2.40. The third-order valence-corrected chi connectivity index (χ3v) is 4.16. The number of hydrogen-bond acceptors (Lipinski definition) is 1. The predicted molar refractivity (Wildman–Crippen MR) is 61.7 cm³/mol. The van der Waals surface area contributed by atoms with Crippen LogP contribution >= 0.6 is 15.9 Å². The Morgan fingerprint density at radius 2 is 2.33 bits per heavy atom. The van der Waals surface area contributed by atoms with Crippen LogP contribution < -0.4 is 0 Å². The zero-order chi connectivity index (χ0) is 10.8. The summed E-state index contributed by atoms with van der Waals surface area (Å²) in [6, 6.07) is 5.29. The molecule has 1 aliphatic heterocycles. The van der Waals surface area contributed by atoms with E-state index in [2.05, 4.69) is 15.9 Å². The average Bonchev–Trinajstić information content (AvgIpc) is 2.74. The molecule has 15 heavy (non-hydrogen) atoms. The van der Waals surface area contributed by atoms with Gasteiger partial charge in [0.2, 0.25) is 0 Å². The average molecular weight is 273 g/mol. The second-order valence-electron chi connectivity index (χ2n) is 4.03. The molecule has 1 nitrogen and oxygen atoms in total. The molecule has 0 spiro atoms. The van der Waals surface area contributed by atoms with Gasteiger partial charge >= 0.3 is 0 Å². The van der Waals surface area contributed by atoms with E-state index in [1.807, 2.05) is 12.1 Å². The van der Waals surface area contributed by atoms with Crippen LogP contribution in [0.15, 0.2) is 18.2 Å². The van der Waals surface area contributed by atoms with Crippen molar-refractivity contribution in [2.24, 2.45) is 5.92 Å². The molecule has 1 saturated heterocycles. The smallest absolute Gasteiger partial charge is 0.126 e. The van der Waals surface area contributed by atoms with Gasteiger partial charge in [-0.1, -0.05) is 28.1 Å². The molecule has 0 aliphatic carbocycles. The number of hydrogen-bond donors (Lipinski definition) is 0. The van der Waals surface area contributed by atoms with Crippen molar-refractivity contribution in [3.05, 3.63) is 35.1 Å². The summed E-state index contributed by atoms with van der Waals surface area (Å²) >= 11 is 3.67. The van der Waals surface area contributed by atoms with Gasteiger partial charge in [-0.05, 0) is 30.5 Å². The van der Waals surface area contributed by atoms with E-state index in [1.165, 1.54) is 6.07 Å². The molecule has 1 aromatic rings. The molecule has 0 radical (unpaired) electrons. The number of halogens is 2. The number of benzene rings is 1. The largest absolute Gasteiger partial charge is 0.381 e. The van der Waals surface area contributed by atoms with Crippen LogP contribution in [0.4, 0.5) is 4.39 Å². The summed E-state index contributed by atoms with van der Waals surface area (Å²) in [6.45, 7) is 3.43. The lowest BCUT2D eigenvalue weighted by Crippen LogP contribution is -2.07. The first-order valence-corrected chi connectivity index (χ1v) is 6.08. The molecular weight excluding hydrogens is 259 g/mol. The Morgan fingerprint density at radius 1 is 1.53 bits per heavy atom. The van der Waals surface area contributed by atoms with E-state index in [9.17, 15) is 4.39 Å². The molecular formula is C12H14BrFO. The van der Waals surface area contributed by atoms with Gasteiger partial charge in [-0.2, -0.15) is 0 Å². The Balaban J connectivity index is 2.17. The SMILES string of the molecule is Cc1cc(C(Br)C2CCOC2)ccc1F. The van der Waals surface area contributed by atoms with Gasteiger partial charge < -0.3 is 4.74 Å². The van der Waals surface area contributed by atoms with Crippen LogP contribution in [-0.2, 0) is 4.74 Å². The van der Waals surface area contributed by atoms with Crippen molar-refractivity contribution in [2.75, 3.05) is 13.2 Å². The summed E-state index contributed by atoms with van der Waals surface area (Å²) in [7, 11) is 0. The van der Waals surface area contributed by atoms with Crippen LogP contribution in [0.5, 0.6) is 0 Å². The summed E-state index contributed by atoms with van der Waals surface area (Å²) in [6.07, 6.45) is 1.08. The van der Waals surface area contributed by atoms with Crippen LogP contribution in [-0.4, -0.2) is 13.2 Å². The monoisotopic (exact) mass is 272 g/mol. The van der Waals surface area contributed by atoms with Crippen LogP contribution in [0.25, 0.3) is 0 Å². The van der Waals surface area contributed by atoms with Crippen LogP contribution in [0, 0.1) is 18.7 Å². The number of aryl methyl sites for hydroxylation is 1. The molecule has 2 unspecified atom stereocenters. The molecule has 1 fully saturated rings. The Kier molecular flexibility index (Phi) is 3.42. The summed E-state index contributed by atoms with van der Waals surface area (Å²) < 4.78 is 18.4. The third-order valence-electron chi connectivity index (χ3n) is 2.88. The maximum Gasteiger partial charge on any atom is 0.126 e. The first kappa shape index (κ1) is 11.1. The standard InChI is InChI=1S/C12H14BrFO/c1-8-6-9(2-3-11(8)14)12(13)10-4-5-15-7-10/h2-3,6,10,12H,4-5,7H2,1H3. The summed E-state index contributed by atoms with van der Waals surface area (Å²) in [5, 5.41) is 0. The predicted octanol–water partition coefficient (Wildman–Crippen LogP) is 3.61. The van der Waals surface area contributed by atoms with Gasteiger partial charge in [-0.15, -0.1) is 0 Å². The lowest BCUT2D eigenvalue weighted by molar-refractivity contribution is 0.185. The molecule has 0 N–H and O–H groups in total. The van der Waals surface area contributed by atoms with Gasteiger partial charge in [0.05, 0.1) is 6.61 Å². The molecule has 0 amide bonds. The van der Waals surface area contributed by atoms with Gasteiger partial charge in [-0.25, -0.2) is 4.39 Å². The van der Waals surface area contributed by atoms with Crippen molar-refractivity contribution >= 4 is 15.9 Å². The summed E-state index contributed by atoms with van der Waals surface area (Å²) in [4.78, 5) is 0.277. The lowest BCUT2D eigenvalue weighted by Gasteiger charge is -2.16. The molecule has 82 valence electrons. The van der Waals surface area contributed by atoms with Crippen molar-refractivity contribution in [1.82, 2.24) is 0 Å². The second kappa shape index (κ2) is 4.62. The minimum absolute atomic E-state index is 0.138. The van der Waals surface area contributed by atoms with E-state index in [1.54, 1.807) is 6.92 Å². The molecule has 0 aromatic heterocycles. The maximum absolute atomic E-state index is 13.1. The van der Waals surface area contributed by atoms with Crippen molar-refractivity contribution in [1.29, 1.82) is 0 Å². The van der Waals surface area contributed by atoms with E-state index in [0.717, 1.165) is 25.2 Å². The highest BCUT2D eigenvalue weighted by Crippen LogP contribution is 2.36. The Bertz CT molecular complexity index is 347. The highest BCUT2D eigenvalue weighted by atomic mass is 79.9. The van der Waals surface area contributed by atoms with Gasteiger partial charge in [-0.3, -0.25) is 0 Å². The van der Waals surface area contributed by atoms with Gasteiger partial charge in [0.25, 0.3) is 0 Å². The topological polar surface area (TPSA) is 9.23 Å². The van der Waals surface area contributed by atoms with Crippen molar-refractivity contribution in [3.63, 3.8) is 0 Å². The fraction of sp³-hybridized carbons (Fsp3) is 0.500. The van der Waals surface area contributed by atoms with Gasteiger partial charge in [0.1, 0.15) is 5.82 Å². The van der Waals surface area contributed by atoms with E-state index < -0.39 is 0 Å². The molecule has 3 heteroatoms. The van der Waals surface area contributed by atoms with Gasteiger partial charge in [0.15, 0.2) is 0 Å². The molecule has 1 aromatic carbocycles. The van der Waals surface area contributed by atoms with E-state index >= 15 is 0 Å². The van der Waals surface area contributed by atoms with Crippen molar-refractivity contribution < 1.29 is 9.13 Å². The van der Waals surface area contributed by atoms with E-state index in [0.29, 0.717) is 11.5 Å². The summed E-state index contributed by atoms with van der Waals surface area (Å²) in [5.74, 6) is 0.371. The van der Waals surface area contributed by atoms with Crippen molar-refractivity contribution in [3.8, 4) is 0 Å². The molecule has 1 heterocycles. The van der Waals surface area contributed by atoms with Crippen LogP contribution in [0.2, 0.25) is 0 Å². The number of rotatable bonds is 2. The normalized spacial score (nSPS) is 23.0. The van der Waals surface area contributed by atoms with E-state index in [4.69, 9.17) is 4.74 Å². The highest BCUT2D eigenvalue weighted by Gasteiger charge is 2.25. The molecule has 0 saturated carbocycles. The first-order chi connectivity index (χ1) is 7.18. The minimum atomic E-state index is -0.138. The summed E-state index contributed by atoms with van der Waals surface area (Å²) in [5.41, 5.74) is 1.85. The van der Waals surface area contributed by atoms with Crippen molar-refractivity contribution in [2.45, 2.75) is 18.2 Å². The lowest BCUT2D eigenvalue weighted by atomic mass is 9.97. The van der Waals surface area contributed by atoms with Crippen LogP contribution in [0.3, 0.4) is 0 Å².